The largest absolute Gasteiger partial charge is 0.310 e. The van der Waals surface area contributed by atoms with Crippen LogP contribution in [-0.4, -0.2) is 0 Å². The van der Waals surface area contributed by atoms with Gasteiger partial charge in [-0.05, 0) is 140 Å². The second kappa shape index (κ2) is 12.6. The predicted molar refractivity (Wildman–Crippen MR) is 254 cm³/mol. The number of anilines is 3. The van der Waals surface area contributed by atoms with Crippen LogP contribution in [0.4, 0.5) is 17.1 Å². The summed E-state index contributed by atoms with van der Waals surface area (Å²) in [6.45, 7) is 4.79. The molecule has 1 spiro atoms. The van der Waals surface area contributed by atoms with Gasteiger partial charge < -0.3 is 4.90 Å². The van der Waals surface area contributed by atoms with Crippen molar-refractivity contribution in [2.75, 3.05) is 4.90 Å². The lowest BCUT2D eigenvalue weighted by molar-refractivity contribution is 0.327. The molecule has 1 nitrogen and oxygen atoms in total. The lowest BCUT2D eigenvalue weighted by Gasteiger charge is -2.37. The molecule has 4 aliphatic rings. The first-order valence-corrected chi connectivity index (χ1v) is 22.7. The molecule has 13 rings (SSSR count). The van der Waals surface area contributed by atoms with Gasteiger partial charge in [0.15, 0.2) is 0 Å². The van der Waals surface area contributed by atoms with Gasteiger partial charge in [-0.15, -0.1) is 11.3 Å². The molecule has 4 aliphatic carbocycles. The average molecular weight is 788 g/mol. The molecule has 1 aromatic heterocycles. The van der Waals surface area contributed by atoms with Gasteiger partial charge in [0.05, 0.1) is 0 Å². The maximum atomic E-state index is 2.59. The number of hydrogen-bond acceptors (Lipinski definition) is 2. The monoisotopic (exact) mass is 787 g/mol. The molecule has 288 valence electrons. The van der Waals surface area contributed by atoms with Crippen molar-refractivity contribution in [2.45, 2.75) is 50.4 Å². The zero-order valence-corrected chi connectivity index (χ0v) is 34.9. The minimum Gasteiger partial charge on any atom is -0.310 e. The average Bonchev–Trinajstić information content (AvgIpc) is 4.11. The molecule has 0 radical (unpaired) electrons. The van der Waals surface area contributed by atoms with E-state index in [0.29, 0.717) is 5.92 Å². The molecular weight excluding hydrogens is 743 g/mol. The molecule has 2 saturated carbocycles. The Morgan fingerprint density at radius 1 is 0.483 bits per heavy atom. The Morgan fingerprint density at radius 2 is 1.13 bits per heavy atom. The van der Waals surface area contributed by atoms with E-state index in [1.54, 1.807) is 11.1 Å². The highest BCUT2D eigenvalue weighted by Gasteiger charge is 2.56. The van der Waals surface area contributed by atoms with Gasteiger partial charge in [0.2, 0.25) is 0 Å². The fourth-order valence-electron chi connectivity index (χ4n) is 12.6. The minimum atomic E-state index is -0.102. The van der Waals surface area contributed by atoms with Gasteiger partial charge in [-0.2, -0.15) is 0 Å². The first-order chi connectivity index (χ1) is 29.5. The van der Waals surface area contributed by atoms with E-state index in [1.807, 2.05) is 11.3 Å². The van der Waals surface area contributed by atoms with E-state index in [4.69, 9.17) is 0 Å². The molecule has 0 N–H and O–H groups in total. The molecule has 2 bridgehead atoms. The van der Waals surface area contributed by atoms with E-state index in [9.17, 15) is 0 Å². The van der Waals surface area contributed by atoms with Crippen LogP contribution in [0.2, 0.25) is 0 Å². The number of thiophene rings is 1. The van der Waals surface area contributed by atoms with Crippen molar-refractivity contribution in [2.24, 2.45) is 11.8 Å². The summed E-state index contributed by atoms with van der Waals surface area (Å²) in [7, 11) is 0. The van der Waals surface area contributed by atoms with Gasteiger partial charge in [-0.1, -0.05) is 154 Å². The summed E-state index contributed by atoms with van der Waals surface area (Å²) in [4.78, 5) is 2.53. The summed E-state index contributed by atoms with van der Waals surface area (Å²) in [5.41, 5.74) is 20.2. The van der Waals surface area contributed by atoms with Crippen LogP contribution in [0.3, 0.4) is 0 Å². The summed E-state index contributed by atoms with van der Waals surface area (Å²) < 4.78 is 2.69. The van der Waals surface area contributed by atoms with E-state index >= 15 is 0 Å². The minimum absolute atomic E-state index is 0.102. The van der Waals surface area contributed by atoms with Gasteiger partial charge >= 0.3 is 0 Å². The first kappa shape index (κ1) is 34.6. The van der Waals surface area contributed by atoms with Crippen LogP contribution in [0.1, 0.15) is 61.8 Å². The Labute approximate surface area is 356 Å². The molecule has 9 aromatic rings. The number of nitrogens with zero attached hydrogens (tertiary/aromatic N) is 1. The van der Waals surface area contributed by atoms with Crippen LogP contribution in [0.5, 0.6) is 0 Å². The van der Waals surface area contributed by atoms with Crippen LogP contribution in [0, 0.1) is 11.8 Å². The van der Waals surface area contributed by atoms with Gasteiger partial charge in [-0.25, -0.2) is 0 Å². The summed E-state index contributed by atoms with van der Waals surface area (Å²) in [6.07, 6.45) is 5.36. The second-order valence-electron chi connectivity index (χ2n) is 18.4. The van der Waals surface area contributed by atoms with E-state index in [2.05, 4.69) is 195 Å². The number of fused-ring (bicyclic) bond motifs is 14. The van der Waals surface area contributed by atoms with Crippen molar-refractivity contribution in [3.8, 4) is 44.5 Å². The van der Waals surface area contributed by atoms with Crippen molar-refractivity contribution in [1.82, 2.24) is 0 Å². The first-order valence-electron chi connectivity index (χ1n) is 21.9. The lowest BCUT2D eigenvalue weighted by Crippen LogP contribution is -2.32. The smallest absolute Gasteiger partial charge is 0.0467 e. The molecule has 1 heterocycles. The zero-order valence-electron chi connectivity index (χ0n) is 34.1. The summed E-state index contributed by atoms with van der Waals surface area (Å²) in [5, 5.41) is 2.67. The van der Waals surface area contributed by atoms with Gasteiger partial charge in [-0.3, -0.25) is 0 Å². The summed E-state index contributed by atoms with van der Waals surface area (Å²) in [5.74, 6) is 1.53. The number of benzene rings is 8. The maximum Gasteiger partial charge on any atom is 0.0467 e. The third-order valence-electron chi connectivity index (χ3n) is 15.1. The normalized spacial score (nSPS) is 20.1. The molecule has 60 heavy (non-hydrogen) atoms. The topological polar surface area (TPSA) is 3.24 Å². The standard InChI is InChI=1S/C58H45NS/c1-57(2)51-21-6-3-15-46(51)49-19-10-17-43(55(49)57)38-12-9-13-41(33-38)59(40-28-25-37(26-29-40)44-18-11-20-50-48-16-5-8-23-54(48)60-56(44)50)42-30-31-47-45-14-4-7-22-52(45)58(53(47)34-42)35-36-24-27-39(58)32-36/h3-23,25-26,28-31,33-34,36,39H,24,27,32,35H2,1-2H3. The molecule has 2 heteroatoms. The highest BCUT2D eigenvalue weighted by molar-refractivity contribution is 7.26. The van der Waals surface area contributed by atoms with Crippen molar-refractivity contribution >= 4 is 48.6 Å². The molecule has 3 unspecified atom stereocenters. The molecule has 0 saturated heterocycles. The molecule has 0 amide bonds. The highest BCUT2D eigenvalue weighted by atomic mass is 32.1. The third-order valence-corrected chi connectivity index (χ3v) is 16.3. The van der Waals surface area contributed by atoms with Crippen molar-refractivity contribution in [3.05, 3.63) is 198 Å². The number of hydrogen-bond donors (Lipinski definition) is 0. The molecule has 2 fully saturated rings. The Hall–Kier alpha value is -6.22. The Bertz CT molecular complexity index is 3220. The van der Waals surface area contributed by atoms with Crippen molar-refractivity contribution in [1.29, 1.82) is 0 Å². The van der Waals surface area contributed by atoms with Crippen LogP contribution in [0.15, 0.2) is 176 Å². The Morgan fingerprint density at radius 3 is 1.97 bits per heavy atom. The summed E-state index contributed by atoms with van der Waals surface area (Å²) >= 11 is 1.90. The predicted octanol–water partition coefficient (Wildman–Crippen LogP) is 16.3. The quantitative estimate of drug-likeness (QED) is 0.168. The molecule has 8 aromatic carbocycles. The van der Waals surface area contributed by atoms with E-state index < -0.39 is 0 Å². The van der Waals surface area contributed by atoms with E-state index in [-0.39, 0.29) is 10.8 Å². The van der Waals surface area contributed by atoms with Gasteiger partial charge in [0.1, 0.15) is 0 Å². The zero-order chi connectivity index (χ0) is 39.7. The van der Waals surface area contributed by atoms with Gasteiger partial charge in [0, 0.05) is 48.1 Å². The molecule has 3 atom stereocenters. The molecular formula is C58H45NS. The van der Waals surface area contributed by atoms with Crippen LogP contribution < -0.4 is 4.90 Å². The Kier molecular flexibility index (Phi) is 7.30. The third kappa shape index (κ3) is 4.74. The van der Waals surface area contributed by atoms with Crippen molar-refractivity contribution in [3.63, 3.8) is 0 Å². The van der Waals surface area contributed by atoms with Crippen LogP contribution in [-0.2, 0) is 10.8 Å². The fourth-order valence-corrected chi connectivity index (χ4v) is 13.9. The Balaban J connectivity index is 0.981. The van der Waals surface area contributed by atoms with Crippen molar-refractivity contribution < 1.29 is 0 Å². The van der Waals surface area contributed by atoms with Crippen LogP contribution in [0.25, 0.3) is 64.7 Å². The molecule has 0 aliphatic heterocycles. The lowest BCUT2D eigenvalue weighted by atomic mass is 9.67. The van der Waals surface area contributed by atoms with E-state index in [1.165, 1.54) is 119 Å². The fraction of sp³-hybridized carbons (Fsp3) is 0.172. The SMILES string of the molecule is CC1(C)c2ccccc2-c2cccc(-c3cccc(N(c4ccc(-c5cccc6c5sc5ccccc56)cc4)c4ccc5c(c4)C4(CC6CCC4C6)c4ccccc4-5)c3)c21. The maximum absolute atomic E-state index is 2.59. The van der Waals surface area contributed by atoms with E-state index in [0.717, 1.165) is 5.92 Å². The van der Waals surface area contributed by atoms with Gasteiger partial charge in [0.25, 0.3) is 0 Å². The second-order valence-corrected chi connectivity index (χ2v) is 19.5. The highest BCUT2D eigenvalue weighted by Crippen LogP contribution is 2.66. The summed E-state index contributed by atoms with van der Waals surface area (Å²) in [6, 6.07) is 67.0. The number of rotatable bonds is 5. The van der Waals surface area contributed by atoms with Crippen LogP contribution >= 0.6 is 11.3 Å².